The van der Waals surface area contributed by atoms with Gasteiger partial charge in [0.25, 0.3) is 5.91 Å². The van der Waals surface area contributed by atoms with Crippen molar-refractivity contribution in [1.29, 1.82) is 0 Å². The van der Waals surface area contributed by atoms with Gasteiger partial charge in [0.1, 0.15) is 5.76 Å². The quantitative estimate of drug-likeness (QED) is 0.656. The lowest BCUT2D eigenvalue weighted by Crippen LogP contribution is -2.40. The lowest BCUT2D eigenvalue weighted by Gasteiger charge is -2.26. The molecule has 4 rings (SSSR count). The van der Waals surface area contributed by atoms with E-state index in [4.69, 9.17) is 9.15 Å². The van der Waals surface area contributed by atoms with Crippen molar-refractivity contribution in [3.8, 4) is 10.8 Å². The van der Waals surface area contributed by atoms with Crippen LogP contribution in [0.1, 0.15) is 27.4 Å². The van der Waals surface area contributed by atoms with Crippen LogP contribution in [0, 0.1) is 6.92 Å². The van der Waals surface area contributed by atoms with Gasteiger partial charge < -0.3 is 19.4 Å². The minimum absolute atomic E-state index is 0.0111. The van der Waals surface area contributed by atoms with E-state index in [0.717, 1.165) is 10.4 Å². The van der Waals surface area contributed by atoms with E-state index >= 15 is 0 Å². The number of benzene rings is 1. The molecule has 8 heteroatoms. The van der Waals surface area contributed by atoms with Gasteiger partial charge in [0, 0.05) is 25.2 Å². The van der Waals surface area contributed by atoms with Gasteiger partial charge in [-0.15, -0.1) is 11.3 Å². The third-order valence-corrected chi connectivity index (χ3v) is 5.80. The first-order valence-corrected chi connectivity index (χ1v) is 10.7. The highest BCUT2D eigenvalue weighted by atomic mass is 32.1. The number of hydrogen-bond acceptors (Lipinski definition) is 6. The molecule has 0 bridgehead atoms. The van der Waals surface area contributed by atoms with Gasteiger partial charge in [0.05, 0.1) is 30.2 Å². The highest BCUT2D eigenvalue weighted by Gasteiger charge is 2.18. The molecule has 3 heterocycles. The van der Waals surface area contributed by atoms with Gasteiger partial charge in [0.2, 0.25) is 11.8 Å². The molecular formula is C22H23N3O4S. The maximum Gasteiger partial charge on any atom is 0.254 e. The maximum absolute atomic E-state index is 12.5. The molecule has 1 fully saturated rings. The number of hydrogen-bond donors (Lipinski definition) is 1. The first-order valence-electron chi connectivity index (χ1n) is 9.83. The number of thiophene rings is 1. The number of nitrogens with zero attached hydrogens (tertiary/aromatic N) is 2. The Morgan fingerprint density at radius 1 is 1.17 bits per heavy atom. The molecule has 30 heavy (non-hydrogen) atoms. The van der Waals surface area contributed by atoms with Gasteiger partial charge in [-0.25, -0.2) is 4.98 Å². The molecule has 2 aromatic heterocycles. The number of carbonyl (C=O) groups excluding carboxylic acids is 2. The van der Waals surface area contributed by atoms with Crippen molar-refractivity contribution in [3.05, 3.63) is 64.4 Å². The molecule has 156 valence electrons. The van der Waals surface area contributed by atoms with Crippen LogP contribution in [-0.2, 0) is 22.5 Å². The van der Waals surface area contributed by atoms with Crippen LogP contribution < -0.4 is 5.32 Å². The normalized spacial score (nSPS) is 14.0. The third-order valence-electron chi connectivity index (χ3n) is 4.94. The SMILES string of the molecule is Cc1oc(-c2cccs2)nc1CC(=O)NCc1ccc(C(=O)N2CCOCC2)cc1. The van der Waals surface area contributed by atoms with Gasteiger partial charge in [-0.2, -0.15) is 0 Å². The van der Waals surface area contributed by atoms with Gasteiger partial charge in [-0.05, 0) is 36.1 Å². The summed E-state index contributed by atoms with van der Waals surface area (Å²) in [6.07, 6.45) is 0.161. The summed E-state index contributed by atoms with van der Waals surface area (Å²) in [6.45, 7) is 4.60. The molecule has 2 amide bonds. The maximum atomic E-state index is 12.5. The van der Waals surface area contributed by atoms with Crippen molar-refractivity contribution in [3.63, 3.8) is 0 Å². The summed E-state index contributed by atoms with van der Waals surface area (Å²) < 4.78 is 11.0. The molecule has 1 N–H and O–H groups in total. The first kappa shape index (κ1) is 20.3. The smallest absolute Gasteiger partial charge is 0.254 e. The second-order valence-corrected chi connectivity index (χ2v) is 8.00. The van der Waals surface area contributed by atoms with Crippen molar-refractivity contribution < 1.29 is 18.7 Å². The summed E-state index contributed by atoms with van der Waals surface area (Å²) in [5, 5.41) is 4.86. The van der Waals surface area contributed by atoms with Gasteiger partial charge in [-0.3, -0.25) is 9.59 Å². The lowest BCUT2D eigenvalue weighted by molar-refractivity contribution is -0.120. The van der Waals surface area contributed by atoms with Crippen LogP contribution in [0.4, 0.5) is 0 Å². The summed E-state index contributed by atoms with van der Waals surface area (Å²) in [4.78, 5) is 32.0. The molecule has 3 aromatic rings. The summed E-state index contributed by atoms with van der Waals surface area (Å²) in [6, 6.07) is 11.2. The average molecular weight is 426 g/mol. The number of nitrogens with one attached hydrogen (secondary N) is 1. The monoisotopic (exact) mass is 425 g/mol. The Bertz CT molecular complexity index is 1010. The fourth-order valence-electron chi connectivity index (χ4n) is 3.23. The topological polar surface area (TPSA) is 84.7 Å². The fraction of sp³-hybridized carbons (Fsp3) is 0.318. The predicted molar refractivity (Wildman–Crippen MR) is 113 cm³/mol. The van der Waals surface area contributed by atoms with Crippen LogP contribution in [0.15, 0.2) is 46.2 Å². The van der Waals surface area contributed by atoms with Crippen molar-refractivity contribution in [2.75, 3.05) is 26.3 Å². The molecule has 0 radical (unpaired) electrons. The molecule has 1 aromatic carbocycles. The zero-order valence-electron chi connectivity index (χ0n) is 16.7. The number of ether oxygens (including phenoxy) is 1. The minimum Gasteiger partial charge on any atom is -0.440 e. The number of aryl methyl sites for hydroxylation is 1. The van der Waals surface area contributed by atoms with E-state index in [2.05, 4.69) is 10.3 Å². The minimum atomic E-state index is -0.127. The molecule has 0 aliphatic carbocycles. The van der Waals surface area contributed by atoms with E-state index in [9.17, 15) is 9.59 Å². The lowest BCUT2D eigenvalue weighted by atomic mass is 10.1. The standard InChI is InChI=1S/C22H23N3O4S/c1-15-18(24-21(29-15)19-3-2-12-30-19)13-20(26)23-14-16-4-6-17(7-5-16)22(27)25-8-10-28-11-9-25/h2-7,12H,8-11,13-14H2,1H3,(H,23,26). The van der Waals surface area contributed by atoms with Crippen LogP contribution in [0.3, 0.4) is 0 Å². The third kappa shape index (κ3) is 4.77. The van der Waals surface area contributed by atoms with Crippen LogP contribution in [0.2, 0.25) is 0 Å². The number of aromatic nitrogens is 1. The highest BCUT2D eigenvalue weighted by Crippen LogP contribution is 2.26. The van der Waals surface area contributed by atoms with Gasteiger partial charge in [0.15, 0.2) is 0 Å². The predicted octanol–water partition coefficient (Wildman–Crippen LogP) is 3.04. The van der Waals surface area contributed by atoms with E-state index in [1.165, 1.54) is 0 Å². The van der Waals surface area contributed by atoms with E-state index in [1.807, 2.05) is 36.6 Å². The number of oxazole rings is 1. The molecular weight excluding hydrogens is 402 g/mol. The van der Waals surface area contributed by atoms with E-state index in [0.29, 0.717) is 55.8 Å². The molecule has 0 unspecified atom stereocenters. The Hall–Kier alpha value is -2.97. The van der Waals surface area contributed by atoms with E-state index in [-0.39, 0.29) is 18.2 Å². The Morgan fingerprint density at radius 3 is 2.63 bits per heavy atom. The zero-order valence-corrected chi connectivity index (χ0v) is 17.5. The summed E-state index contributed by atoms with van der Waals surface area (Å²) in [5.74, 6) is 1.08. The summed E-state index contributed by atoms with van der Waals surface area (Å²) >= 11 is 1.55. The Morgan fingerprint density at radius 2 is 1.93 bits per heavy atom. The molecule has 0 spiro atoms. The van der Waals surface area contributed by atoms with Crippen LogP contribution >= 0.6 is 11.3 Å². The highest BCUT2D eigenvalue weighted by molar-refractivity contribution is 7.13. The number of rotatable bonds is 6. The van der Waals surface area contributed by atoms with Gasteiger partial charge >= 0.3 is 0 Å². The van der Waals surface area contributed by atoms with Crippen LogP contribution in [0.5, 0.6) is 0 Å². The number of morpholine rings is 1. The molecule has 0 saturated carbocycles. The van der Waals surface area contributed by atoms with Crippen molar-refractivity contribution in [2.24, 2.45) is 0 Å². The molecule has 7 nitrogen and oxygen atoms in total. The average Bonchev–Trinajstić information content (AvgIpc) is 3.43. The van der Waals surface area contributed by atoms with Crippen molar-refractivity contribution >= 4 is 23.2 Å². The van der Waals surface area contributed by atoms with Crippen LogP contribution in [-0.4, -0.2) is 48.0 Å². The Labute approximate surface area is 178 Å². The fourth-order valence-corrected chi connectivity index (χ4v) is 3.88. The second kappa shape index (κ2) is 9.23. The Balaban J connectivity index is 1.30. The zero-order chi connectivity index (χ0) is 20.9. The second-order valence-electron chi connectivity index (χ2n) is 7.05. The van der Waals surface area contributed by atoms with Crippen molar-refractivity contribution in [2.45, 2.75) is 19.9 Å². The number of carbonyl (C=O) groups is 2. The molecule has 1 aliphatic heterocycles. The van der Waals surface area contributed by atoms with Crippen LogP contribution in [0.25, 0.3) is 10.8 Å². The molecule has 1 aliphatic rings. The van der Waals surface area contributed by atoms with E-state index in [1.54, 1.807) is 28.4 Å². The molecule has 1 saturated heterocycles. The van der Waals surface area contributed by atoms with E-state index < -0.39 is 0 Å². The Kier molecular flexibility index (Phi) is 6.25. The largest absolute Gasteiger partial charge is 0.440 e. The number of amides is 2. The van der Waals surface area contributed by atoms with Gasteiger partial charge in [-0.1, -0.05) is 18.2 Å². The molecule has 0 atom stereocenters. The first-order chi connectivity index (χ1) is 14.6. The van der Waals surface area contributed by atoms with Crippen molar-refractivity contribution in [1.82, 2.24) is 15.2 Å². The summed E-state index contributed by atoms with van der Waals surface area (Å²) in [5.41, 5.74) is 2.21. The summed E-state index contributed by atoms with van der Waals surface area (Å²) in [7, 11) is 0.